The number of nitrogens with one attached hydrogen (secondary N) is 1. The molecule has 0 amide bonds. The van der Waals surface area contributed by atoms with Crippen molar-refractivity contribution in [2.24, 2.45) is 0 Å². The van der Waals surface area contributed by atoms with Crippen molar-refractivity contribution >= 4 is 0 Å². The number of aromatic nitrogens is 2. The first-order valence-corrected chi connectivity index (χ1v) is 6.44. The topological polar surface area (TPSA) is 114 Å². The van der Waals surface area contributed by atoms with Crippen LogP contribution in [0.15, 0.2) is 15.8 Å². The summed E-state index contributed by atoms with van der Waals surface area (Å²) in [5.74, 6) is 0. The summed E-state index contributed by atoms with van der Waals surface area (Å²) < 4.78 is 12.1. The number of hydrogen-bond acceptors (Lipinski definition) is 6. The molecular weight excluding hydrogens is 268 g/mol. The number of H-pyrrole nitrogens is 1. The lowest BCUT2D eigenvalue weighted by atomic mass is 10.0. The summed E-state index contributed by atoms with van der Waals surface area (Å²) in [5, 5.41) is 20.1. The van der Waals surface area contributed by atoms with Gasteiger partial charge in [-0.2, -0.15) is 0 Å². The van der Waals surface area contributed by atoms with Gasteiger partial charge in [-0.1, -0.05) is 0 Å². The van der Waals surface area contributed by atoms with Gasteiger partial charge in [0.05, 0.1) is 6.10 Å². The van der Waals surface area contributed by atoms with Crippen molar-refractivity contribution in [3.63, 3.8) is 0 Å². The van der Waals surface area contributed by atoms with Crippen LogP contribution in [0.2, 0.25) is 0 Å². The number of fused-ring (bicyclic) bond motifs is 1. The maximum absolute atomic E-state index is 11.8. The van der Waals surface area contributed by atoms with E-state index in [1.807, 2.05) is 0 Å². The highest BCUT2D eigenvalue weighted by molar-refractivity contribution is 5.04. The highest BCUT2D eigenvalue weighted by Crippen LogP contribution is 2.35. The monoisotopic (exact) mass is 284 g/mol. The Kier molecular flexibility index (Phi) is 3.25. The van der Waals surface area contributed by atoms with E-state index in [-0.39, 0.29) is 0 Å². The van der Waals surface area contributed by atoms with E-state index < -0.39 is 41.9 Å². The molecule has 3 N–H and O–H groups in total. The Bertz CT molecular complexity index is 623. The number of nitrogens with zero attached hydrogens (tertiary/aromatic N) is 1. The summed E-state index contributed by atoms with van der Waals surface area (Å²) in [6.07, 6.45) is -2.42. The predicted molar refractivity (Wildman–Crippen MR) is 66.3 cm³/mol. The maximum atomic E-state index is 11.8. The zero-order valence-corrected chi connectivity index (χ0v) is 10.9. The van der Waals surface area contributed by atoms with Crippen LogP contribution in [-0.2, 0) is 9.47 Å². The highest BCUT2D eigenvalue weighted by Gasteiger charge is 2.50. The molecule has 0 spiro atoms. The lowest BCUT2D eigenvalue weighted by molar-refractivity contribution is -0.133. The molecule has 3 rings (SSSR count). The predicted octanol–water partition coefficient (Wildman–Crippen LogP) is -1.75. The van der Waals surface area contributed by atoms with Crippen LogP contribution in [0.3, 0.4) is 0 Å². The molecule has 0 unspecified atom stereocenters. The molecule has 8 nitrogen and oxygen atoms in total. The fourth-order valence-electron chi connectivity index (χ4n) is 2.67. The molecule has 0 saturated carbocycles. The lowest BCUT2D eigenvalue weighted by Gasteiger charge is -2.29. The summed E-state index contributed by atoms with van der Waals surface area (Å²) in [5.41, 5.74) is -0.818. The van der Waals surface area contributed by atoms with Crippen LogP contribution in [0.25, 0.3) is 0 Å². The third-order valence-corrected chi connectivity index (χ3v) is 3.77. The summed E-state index contributed by atoms with van der Waals surface area (Å²) >= 11 is 0. The molecule has 0 aliphatic carbocycles. The van der Waals surface area contributed by atoms with E-state index in [9.17, 15) is 19.8 Å². The van der Waals surface area contributed by atoms with Crippen LogP contribution < -0.4 is 11.2 Å². The molecule has 2 fully saturated rings. The van der Waals surface area contributed by atoms with Gasteiger partial charge in [-0.3, -0.25) is 14.3 Å². The summed E-state index contributed by atoms with van der Waals surface area (Å²) in [6, 6.07) is 0. The van der Waals surface area contributed by atoms with Gasteiger partial charge in [-0.25, -0.2) is 4.79 Å². The average molecular weight is 284 g/mol. The fraction of sp³-hybridized carbons (Fsp3) is 0.667. The molecule has 2 saturated heterocycles. The first-order valence-electron chi connectivity index (χ1n) is 6.44. The Morgan fingerprint density at radius 1 is 1.35 bits per heavy atom. The number of aliphatic hydroxyl groups excluding tert-OH is 2. The van der Waals surface area contributed by atoms with Crippen LogP contribution in [0.4, 0.5) is 0 Å². The SMILES string of the molecule is Cc1cn([C@@H]2O[C@H]3[C@H](OCC[C@H]3O)[C@H]2O)c(=O)[nH]c1=O. The summed E-state index contributed by atoms with van der Waals surface area (Å²) in [6.45, 7) is 1.88. The highest BCUT2D eigenvalue weighted by atomic mass is 16.6. The number of aryl methyl sites for hydroxylation is 1. The van der Waals surface area contributed by atoms with Crippen molar-refractivity contribution in [1.82, 2.24) is 9.55 Å². The Labute approximate surface area is 113 Å². The smallest absolute Gasteiger partial charge is 0.330 e. The molecule has 0 bridgehead atoms. The van der Waals surface area contributed by atoms with Gasteiger partial charge in [-0.15, -0.1) is 0 Å². The first kappa shape index (κ1) is 13.5. The largest absolute Gasteiger partial charge is 0.390 e. The molecule has 0 aromatic carbocycles. The van der Waals surface area contributed by atoms with Crippen LogP contribution in [0.1, 0.15) is 18.2 Å². The zero-order chi connectivity index (χ0) is 14.4. The zero-order valence-electron chi connectivity index (χ0n) is 10.9. The van der Waals surface area contributed by atoms with Gasteiger partial charge in [0, 0.05) is 18.4 Å². The molecule has 8 heteroatoms. The van der Waals surface area contributed by atoms with E-state index in [4.69, 9.17) is 9.47 Å². The normalized spacial score (nSPS) is 36.9. The average Bonchev–Trinajstić information content (AvgIpc) is 2.73. The minimum atomic E-state index is -1.09. The second kappa shape index (κ2) is 4.81. The van der Waals surface area contributed by atoms with Gasteiger partial charge in [0.15, 0.2) is 6.23 Å². The molecule has 110 valence electrons. The summed E-state index contributed by atoms with van der Waals surface area (Å²) in [4.78, 5) is 25.3. The number of ether oxygens (including phenoxy) is 2. The van der Waals surface area contributed by atoms with Gasteiger partial charge < -0.3 is 19.7 Å². The quantitative estimate of drug-likeness (QED) is 0.564. The van der Waals surface area contributed by atoms with Crippen LogP contribution in [0.5, 0.6) is 0 Å². The van der Waals surface area contributed by atoms with E-state index in [1.54, 1.807) is 6.92 Å². The molecule has 0 radical (unpaired) electrons. The van der Waals surface area contributed by atoms with Crippen LogP contribution >= 0.6 is 0 Å². The van der Waals surface area contributed by atoms with Gasteiger partial charge in [-0.05, 0) is 13.3 Å². The van der Waals surface area contributed by atoms with Crippen molar-refractivity contribution in [2.45, 2.75) is 44.0 Å². The molecule has 2 aliphatic heterocycles. The molecule has 3 heterocycles. The molecule has 20 heavy (non-hydrogen) atoms. The van der Waals surface area contributed by atoms with Gasteiger partial charge >= 0.3 is 5.69 Å². The standard InChI is InChI=1S/C12H16N2O6/c1-5-4-14(12(18)13-10(5)17)11-7(16)9-8(20-11)6(15)2-3-19-9/h4,6-9,11,15-16H,2-3H2,1H3,(H,13,17,18)/t6-,7-,8-,9-,11-/m1/s1. The Morgan fingerprint density at radius 3 is 2.80 bits per heavy atom. The van der Waals surface area contributed by atoms with Crippen molar-refractivity contribution in [3.05, 3.63) is 32.6 Å². The molecule has 5 atom stereocenters. The molecule has 1 aromatic heterocycles. The first-order chi connectivity index (χ1) is 9.49. The van der Waals surface area contributed by atoms with Gasteiger partial charge in [0.25, 0.3) is 5.56 Å². The van der Waals surface area contributed by atoms with Crippen LogP contribution in [0, 0.1) is 6.92 Å². The lowest BCUT2D eigenvalue weighted by Crippen LogP contribution is -2.45. The number of rotatable bonds is 1. The molecular formula is C12H16N2O6. The Balaban J connectivity index is 1.97. The van der Waals surface area contributed by atoms with E-state index in [0.717, 1.165) is 4.57 Å². The Morgan fingerprint density at radius 2 is 2.10 bits per heavy atom. The minimum absolute atomic E-state index is 0.328. The third kappa shape index (κ3) is 2.01. The van der Waals surface area contributed by atoms with E-state index in [0.29, 0.717) is 18.6 Å². The van der Waals surface area contributed by atoms with Gasteiger partial charge in [0.2, 0.25) is 0 Å². The summed E-state index contributed by atoms with van der Waals surface area (Å²) in [7, 11) is 0. The van der Waals surface area contributed by atoms with Gasteiger partial charge in [0.1, 0.15) is 18.3 Å². The van der Waals surface area contributed by atoms with Crippen molar-refractivity contribution < 1.29 is 19.7 Å². The fourth-order valence-corrected chi connectivity index (χ4v) is 2.67. The molecule has 2 aliphatic rings. The maximum Gasteiger partial charge on any atom is 0.330 e. The molecule has 1 aromatic rings. The van der Waals surface area contributed by atoms with E-state index >= 15 is 0 Å². The number of aromatic amines is 1. The minimum Gasteiger partial charge on any atom is -0.390 e. The van der Waals surface area contributed by atoms with E-state index in [1.165, 1.54) is 6.20 Å². The third-order valence-electron chi connectivity index (χ3n) is 3.77. The number of aliphatic hydroxyl groups is 2. The van der Waals surface area contributed by atoms with Crippen molar-refractivity contribution in [3.8, 4) is 0 Å². The Hall–Kier alpha value is -1.48. The second-order valence-corrected chi connectivity index (χ2v) is 5.15. The van der Waals surface area contributed by atoms with Crippen molar-refractivity contribution in [1.29, 1.82) is 0 Å². The number of hydrogen-bond donors (Lipinski definition) is 3. The second-order valence-electron chi connectivity index (χ2n) is 5.15. The van der Waals surface area contributed by atoms with E-state index in [2.05, 4.69) is 4.98 Å². The van der Waals surface area contributed by atoms with Crippen LogP contribution in [-0.4, -0.2) is 50.8 Å². The van der Waals surface area contributed by atoms with Crippen molar-refractivity contribution in [2.75, 3.05) is 6.61 Å².